The van der Waals surface area contributed by atoms with Crippen molar-refractivity contribution in [3.63, 3.8) is 0 Å². The highest BCUT2D eigenvalue weighted by Gasteiger charge is 2.17. The van der Waals surface area contributed by atoms with Crippen molar-refractivity contribution < 1.29 is 14.7 Å². The van der Waals surface area contributed by atoms with Crippen molar-refractivity contribution in [2.75, 3.05) is 0 Å². The van der Waals surface area contributed by atoms with Gasteiger partial charge in [-0.1, -0.05) is 6.07 Å². The Morgan fingerprint density at radius 2 is 1.86 bits per heavy atom. The third kappa shape index (κ3) is 1.59. The Hall–Kier alpha value is -1.84. The molecule has 0 aliphatic carbocycles. The fraction of sp³-hybridized carbons (Fsp3) is 0.200. The number of primary amides is 1. The number of carbonyl (C=O) groups is 2. The molecule has 0 atom stereocenters. The SMILES string of the molecule is Cc1ccc(C(N)=O)c(C(=O)O)c1C. The van der Waals surface area contributed by atoms with Crippen LogP contribution in [-0.2, 0) is 0 Å². The molecular formula is C10H11NO3. The number of nitrogens with two attached hydrogens (primary N) is 1. The first-order chi connectivity index (χ1) is 6.45. The highest BCUT2D eigenvalue weighted by molar-refractivity contribution is 6.05. The van der Waals surface area contributed by atoms with Gasteiger partial charge in [-0.25, -0.2) is 4.79 Å². The molecule has 74 valence electrons. The second kappa shape index (κ2) is 3.49. The molecule has 0 aromatic heterocycles. The van der Waals surface area contributed by atoms with E-state index in [4.69, 9.17) is 10.8 Å². The molecule has 1 aromatic rings. The van der Waals surface area contributed by atoms with Crippen molar-refractivity contribution in [3.8, 4) is 0 Å². The van der Waals surface area contributed by atoms with Crippen LogP contribution < -0.4 is 5.73 Å². The number of amides is 1. The number of carboxylic acids is 1. The standard InChI is InChI=1S/C10H11NO3/c1-5-3-4-7(9(11)12)8(6(5)2)10(13)14/h3-4H,1-2H3,(H2,11,12)(H,13,14). The van der Waals surface area contributed by atoms with E-state index in [1.165, 1.54) is 6.07 Å². The summed E-state index contributed by atoms with van der Waals surface area (Å²) in [6.07, 6.45) is 0. The summed E-state index contributed by atoms with van der Waals surface area (Å²) >= 11 is 0. The minimum Gasteiger partial charge on any atom is -0.478 e. The van der Waals surface area contributed by atoms with Crippen LogP contribution in [0.25, 0.3) is 0 Å². The van der Waals surface area contributed by atoms with Crippen LogP contribution in [0.15, 0.2) is 12.1 Å². The van der Waals surface area contributed by atoms with Gasteiger partial charge in [0.15, 0.2) is 0 Å². The number of aryl methyl sites for hydroxylation is 1. The van der Waals surface area contributed by atoms with Gasteiger partial charge in [0.25, 0.3) is 0 Å². The summed E-state index contributed by atoms with van der Waals surface area (Å²) in [4.78, 5) is 21.8. The minimum absolute atomic E-state index is 0.00231. The van der Waals surface area contributed by atoms with E-state index in [-0.39, 0.29) is 11.1 Å². The molecule has 4 nitrogen and oxygen atoms in total. The Balaban J connectivity index is 3.53. The van der Waals surface area contributed by atoms with Gasteiger partial charge in [0.2, 0.25) is 5.91 Å². The molecule has 0 unspecified atom stereocenters. The Labute approximate surface area is 81.3 Å². The van der Waals surface area contributed by atoms with Crippen molar-refractivity contribution in [1.29, 1.82) is 0 Å². The van der Waals surface area contributed by atoms with Crippen LogP contribution in [0, 0.1) is 13.8 Å². The molecule has 0 saturated carbocycles. The van der Waals surface area contributed by atoms with Crippen LogP contribution in [0.5, 0.6) is 0 Å². The van der Waals surface area contributed by atoms with Crippen LogP contribution in [0.1, 0.15) is 31.8 Å². The van der Waals surface area contributed by atoms with Gasteiger partial charge in [0, 0.05) is 0 Å². The van der Waals surface area contributed by atoms with Gasteiger partial charge in [-0.15, -0.1) is 0 Å². The Kier molecular flexibility index (Phi) is 2.56. The van der Waals surface area contributed by atoms with Gasteiger partial charge in [-0.05, 0) is 31.0 Å². The van der Waals surface area contributed by atoms with Crippen molar-refractivity contribution >= 4 is 11.9 Å². The van der Waals surface area contributed by atoms with Crippen molar-refractivity contribution in [2.24, 2.45) is 5.73 Å². The Morgan fingerprint density at radius 3 is 2.29 bits per heavy atom. The first kappa shape index (κ1) is 10.2. The summed E-state index contributed by atoms with van der Waals surface area (Å²) in [7, 11) is 0. The maximum absolute atomic E-state index is 10.9. The average molecular weight is 193 g/mol. The number of rotatable bonds is 2. The molecule has 1 rings (SSSR count). The van der Waals surface area contributed by atoms with E-state index in [9.17, 15) is 9.59 Å². The van der Waals surface area contributed by atoms with E-state index in [1.54, 1.807) is 19.9 Å². The molecule has 1 amide bonds. The topological polar surface area (TPSA) is 80.4 Å². The predicted molar refractivity (Wildman–Crippen MR) is 51.4 cm³/mol. The molecule has 0 bridgehead atoms. The predicted octanol–water partition coefficient (Wildman–Crippen LogP) is 1.10. The van der Waals surface area contributed by atoms with Crippen LogP contribution >= 0.6 is 0 Å². The summed E-state index contributed by atoms with van der Waals surface area (Å²) in [5.74, 6) is -1.84. The van der Waals surface area contributed by atoms with Crippen molar-refractivity contribution in [2.45, 2.75) is 13.8 Å². The highest BCUT2D eigenvalue weighted by atomic mass is 16.4. The van der Waals surface area contributed by atoms with Gasteiger partial charge in [-0.2, -0.15) is 0 Å². The summed E-state index contributed by atoms with van der Waals surface area (Å²) in [6, 6.07) is 3.12. The van der Waals surface area contributed by atoms with E-state index in [0.29, 0.717) is 5.56 Å². The van der Waals surface area contributed by atoms with E-state index < -0.39 is 11.9 Å². The molecule has 0 aliphatic heterocycles. The molecule has 0 saturated heterocycles. The zero-order valence-electron chi connectivity index (χ0n) is 8.00. The summed E-state index contributed by atoms with van der Waals surface area (Å²) in [5, 5.41) is 8.91. The number of hydrogen-bond donors (Lipinski definition) is 2. The number of benzene rings is 1. The first-order valence-electron chi connectivity index (χ1n) is 4.08. The molecule has 0 radical (unpaired) electrons. The lowest BCUT2D eigenvalue weighted by atomic mass is 9.97. The normalized spacial score (nSPS) is 9.86. The highest BCUT2D eigenvalue weighted by Crippen LogP contribution is 2.17. The third-order valence-electron chi connectivity index (χ3n) is 2.22. The third-order valence-corrected chi connectivity index (χ3v) is 2.22. The molecule has 0 aliphatic rings. The number of aromatic carboxylic acids is 1. The first-order valence-corrected chi connectivity index (χ1v) is 4.08. The molecule has 0 heterocycles. The average Bonchev–Trinajstić information content (AvgIpc) is 2.08. The maximum atomic E-state index is 10.9. The molecule has 0 fully saturated rings. The van der Waals surface area contributed by atoms with E-state index >= 15 is 0 Å². The van der Waals surface area contributed by atoms with Gasteiger partial charge >= 0.3 is 5.97 Å². The smallest absolute Gasteiger partial charge is 0.336 e. The van der Waals surface area contributed by atoms with Gasteiger partial charge < -0.3 is 10.8 Å². The molecule has 0 spiro atoms. The van der Waals surface area contributed by atoms with Gasteiger partial charge in [0.05, 0.1) is 11.1 Å². The maximum Gasteiger partial charge on any atom is 0.336 e. The molecule has 3 N–H and O–H groups in total. The zero-order chi connectivity index (χ0) is 10.9. The zero-order valence-corrected chi connectivity index (χ0v) is 8.00. The lowest BCUT2D eigenvalue weighted by Crippen LogP contribution is -2.17. The molecule has 14 heavy (non-hydrogen) atoms. The van der Waals surface area contributed by atoms with Crippen LogP contribution in [-0.4, -0.2) is 17.0 Å². The lowest BCUT2D eigenvalue weighted by molar-refractivity contribution is 0.0691. The summed E-state index contributed by atoms with van der Waals surface area (Å²) in [6.45, 7) is 3.44. The second-order valence-corrected chi connectivity index (χ2v) is 3.10. The van der Waals surface area contributed by atoms with Gasteiger partial charge in [-0.3, -0.25) is 4.79 Å². The van der Waals surface area contributed by atoms with E-state index in [0.717, 1.165) is 5.56 Å². The molecule has 4 heteroatoms. The van der Waals surface area contributed by atoms with Crippen LogP contribution in [0.2, 0.25) is 0 Å². The summed E-state index contributed by atoms with van der Waals surface area (Å²) in [5.41, 5.74) is 6.53. The number of carbonyl (C=O) groups excluding carboxylic acids is 1. The van der Waals surface area contributed by atoms with Crippen LogP contribution in [0.3, 0.4) is 0 Å². The van der Waals surface area contributed by atoms with Crippen molar-refractivity contribution in [3.05, 3.63) is 34.4 Å². The Bertz CT molecular complexity index is 410. The number of hydrogen-bond acceptors (Lipinski definition) is 2. The Morgan fingerprint density at radius 1 is 1.29 bits per heavy atom. The van der Waals surface area contributed by atoms with Crippen molar-refractivity contribution in [1.82, 2.24) is 0 Å². The second-order valence-electron chi connectivity index (χ2n) is 3.10. The van der Waals surface area contributed by atoms with Crippen LogP contribution in [0.4, 0.5) is 0 Å². The summed E-state index contributed by atoms with van der Waals surface area (Å²) < 4.78 is 0. The fourth-order valence-corrected chi connectivity index (χ4v) is 1.30. The lowest BCUT2D eigenvalue weighted by Gasteiger charge is -2.08. The van der Waals surface area contributed by atoms with E-state index in [2.05, 4.69) is 0 Å². The molecule has 1 aromatic carbocycles. The molecular weight excluding hydrogens is 182 g/mol. The fourth-order valence-electron chi connectivity index (χ4n) is 1.30. The monoisotopic (exact) mass is 193 g/mol. The minimum atomic E-state index is -1.12. The largest absolute Gasteiger partial charge is 0.478 e. The number of carboxylic acid groups (broad SMARTS) is 1. The van der Waals surface area contributed by atoms with Gasteiger partial charge in [0.1, 0.15) is 0 Å². The quantitative estimate of drug-likeness (QED) is 0.738. The van der Waals surface area contributed by atoms with E-state index in [1.807, 2.05) is 0 Å².